The van der Waals surface area contributed by atoms with Crippen LogP contribution in [0, 0.1) is 0 Å². The number of carbonyl (C=O) groups is 1. The second-order valence-electron chi connectivity index (χ2n) is 4.65. The smallest absolute Gasteiger partial charge is 0.230 e. The molecule has 0 spiro atoms. The second kappa shape index (κ2) is 6.77. The predicted octanol–water partition coefficient (Wildman–Crippen LogP) is 1.66. The van der Waals surface area contributed by atoms with Crippen LogP contribution in [0.4, 0.5) is 0 Å². The van der Waals surface area contributed by atoms with E-state index in [1.54, 1.807) is 12.3 Å². The molecule has 0 bridgehead atoms. The maximum atomic E-state index is 11.7. The van der Waals surface area contributed by atoms with E-state index >= 15 is 0 Å². The van der Waals surface area contributed by atoms with Crippen LogP contribution in [0.3, 0.4) is 0 Å². The van der Waals surface area contributed by atoms with E-state index in [9.17, 15) is 4.79 Å². The maximum absolute atomic E-state index is 11.7. The zero-order valence-corrected chi connectivity index (χ0v) is 12.2. The average Bonchev–Trinajstić information content (AvgIpc) is 3.24. The summed E-state index contributed by atoms with van der Waals surface area (Å²) in [6, 6.07) is 3.60. The molecule has 1 atom stereocenters. The van der Waals surface area contributed by atoms with Crippen LogP contribution in [0.1, 0.15) is 30.5 Å². The number of hydrogen-bond donors (Lipinski definition) is 2. The molecule has 1 aliphatic rings. The van der Waals surface area contributed by atoms with Crippen molar-refractivity contribution in [2.75, 3.05) is 12.4 Å². The fourth-order valence-electron chi connectivity index (χ4n) is 2.04. The van der Waals surface area contributed by atoms with Crippen molar-refractivity contribution in [2.24, 2.45) is 0 Å². The third kappa shape index (κ3) is 3.85. The fourth-order valence-corrected chi connectivity index (χ4v) is 2.68. The Balaban J connectivity index is 1.43. The average molecular weight is 308 g/mol. The summed E-state index contributed by atoms with van der Waals surface area (Å²) in [4.78, 5) is 16.1. The molecule has 3 rings (SSSR count). The Bertz CT molecular complexity index is 578. The molecule has 1 amide bonds. The molecule has 1 fully saturated rings. The third-order valence-electron chi connectivity index (χ3n) is 3.09. The van der Waals surface area contributed by atoms with Crippen molar-refractivity contribution in [2.45, 2.75) is 30.6 Å². The van der Waals surface area contributed by atoms with Gasteiger partial charge < -0.3 is 14.5 Å². The number of aromatic amines is 1. The molecule has 1 aliphatic heterocycles. The minimum absolute atomic E-state index is 0.0135. The molecule has 8 heteroatoms. The van der Waals surface area contributed by atoms with Crippen LogP contribution in [0.5, 0.6) is 0 Å². The summed E-state index contributed by atoms with van der Waals surface area (Å²) >= 11 is 1.29. The topological polar surface area (TPSA) is 93.0 Å². The van der Waals surface area contributed by atoms with E-state index in [1.807, 2.05) is 6.07 Å². The SMILES string of the molecule is O=C(CSc1n[nH]c(C2CCCO2)n1)NCc1ccco1. The molecule has 2 aromatic rings. The number of H-pyrrole nitrogens is 1. The van der Waals surface area contributed by atoms with E-state index in [-0.39, 0.29) is 17.8 Å². The Morgan fingerprint density at radius 1 is 1.57 bits per heavy atom. The standard InChI is InChI=1S/C13H16N4O3S/c18-11(14-7-9-3-1-5-19-9)8-21-13-15-12(16-17-13)10-4-2-6-20-10/h1,3,5,10H,2,4,6-8H2,(H,14,18)(H,15,16,17). The number of ether oxygens (including phenoxy) is 1. The highest BCUT2D eigenvalue weighted by atomic mass is 32.2. The van der Waals surface area contributed by atoms with E-state index in [1.165, 1.54) is 11.8 Å². The summed E-state index contributed by atoms with van der Waals surface area (Å²) in [5.74, 6) is 1.65. The van der Waals surface area contributed by atoms with Crippen molar-refractivity contribution in [3.63, 3.8) is 0 Å². The first-order valence-electron chi connectivity index (χ1n) is 6.77. The highest BCUT2D eigenvalue weighted by molar-refractivity contribution is 7.99. The van der Waals surface area contributed by atoms with Gasteiger partial charge in [0.15, 0.2) is 5.82 Å². The lowest BCUT2D eigenvalue weighted by Crippen LogP contribution is -2.24. The number of aromatic nitrogens is 3. The number of carbonyl (C=O) groups excluding carboxylic acids is 1. The molecule has 0 saturated carbocycles. The van der Waals surface area contributed by atoms with Gasteiger partial charge in [0.2, 0.25) is 11.1 Å². The second-order valence-corrected chi connectivity index (χ2v) is 5.59. The van der Waals surface area contributed by atoms with Crippen molar-refractivity contribution in [1.29, 1.82) is 0 Å². The van der Waals surface area contributed by atoms with Gasteiger partial charge in [-0.15, -0.1) is 5.10 Å². The van der Waals surface area contributed by atoms with Crippen LogP contribution in [0.2, 0.25) is 0 Å². The van der Waals surface area contributed by atoms with Crippen LogP contribution in [-0.4, -0.2) is 33.4 Å². The van der Waals surface area contributed by atoms with Gasteiger partial charge in [-0.1, -0.05) is 11.8 Å². The van der Waals surface area contributed by atoms with Crippen LogP contribution in [0.25, 0.3) is 0 Å². The molecule has 0 aromatic carbocycles. The lowest BCUT2D eigenvalue weighted by atomic mass is 10.2. The first kappa shape index (κ1) is 14.2. The Hall–Kier alpha value is -1.80. The number of nitrogens with zero attached hydrogens (tertiary/aromatic N) is 2. The molecule has 1 unspecified atom stereocenters. The number of rotatable bonds is 6. The molecule has 3 heterocycles. The van der Waals surface area contributed by atoms with Gasteiger partial charge in [0.1, 0.15) is 11.9 Å². The highest BCUT2D eigenvalue weighted by Crippen LogP contribution is 2.26. The number of amides is 1. The fraction of sp³-hybridized carbons (Fsp3) is 0.462. The molecular formula is C13H16N4O3S. The quantitative estimate of drug-likeness (QED) is 0.788. The van der Waals surface area contributed by atoms with Gasteiger partial charge in [0.05, 0.1) is 18.6 Å². The zero-order valence-electron chi connectivity index (χ0n) is 11.4. The number of nitrogens with one attached hydrogen (secondary N) is 2. The molecule has 2 aromatic heterocycles. The Morgan fingerprint density at radius 2 is 2.52 bits per heavy atom. The van der Waals surface area contributed by atoms with Gasteiger partial charge in [0.25, 0.3) is 0 Å². The van der Waals surface area contributed by atoms with Crippen molar-refractivity contribution in [1.82, 2.24) is 20.5 Å². The van der Waals surface area contributed by atoms with E-state index < -0.39 is 0 Å². The molecule has 112 valence electrons. The van der Waals surface area contributed by atoms with Crippen molar-refractivity contribution in [3.8, 4) is 0 Å². The van der Waals surface area contributed by atoms with Crippen LogP contribution in [0.15, 0.2) is 28.0 Å². The summed E-state index contributed by atoms with van der Waals surface area (Å²) in [5, 5.41) is 10.3. The normalized spacial score (nSPS) is 18.0. The van der Waals surface area contributed by atoms with Gasteiger partial charge in [0, 0.05) is 6.61 Å². The Labute approximate surface area is 125 Å². The Morgan fingerprint density at radius 3 is 3.29 bits per heavy atom. The summed E-state index contributed by atoms with van der Waals surface area (Å²) < 4.78 is 10.7. The summed E-state index contributed by atoms with van der Waals surface area (Å²) in [6.07, 6.45) is 3.60. The van der Waals surface area contributed by atoms with Crippen molar-refractivity contribution >= 4 is 17.7 Å². The first-order chi connectivity index (χ1) is 10.3. The van der Waals surface area contributed by atoms with Crippen LogP contribution in [-0.2, 0) is 16.1 Å². The molecule has 21 heavy (non-hydrogen) atoms. The van der Waals surface area contributed by atoms with E-state index in [2.05, 4.69) is 20.5 Å². The minimum Gasteiger partial charge on any atom is -0.467 e. The van der Waals surface area contributed by atoms with Gasteiger partial charge in [-0.25, -0.2) is 4.98 Å². The van der Waals surface area contributed by atoms with Crippen LogP contribution >= 0.6 is 11.8 Å². The minimum atomic E-state index is -0.0835. The molecule has 0 radical (unpaired) electrons. The molecule has 7 nitrogen and oxygen atoms in total. The van der Waals surface area contributed by atoms with Crippen LogP contribution < -0.4 is 5.32 Å². The van der Waals surface area contributed by atoms with Gasteiger partial charge in [-0.3, -0.25) is 9.89 Å². The maximum Gasteiger partial charge on any atom is 0.230 e. The number of thioether (sulfide) groups is 1. The molecule has 2 N–H and O–H groups in total. The number of hydrogen-bond acceptors (Lipinski definition) is 6. The highest BCUT2D eigenvalue weighted by Gasteiger charge is 2.21. The van der Waals surface area contributed by atoms with Gasteiger partial charge in [-0.05, 0) is 25.0 Å². The number of furan rings is 1. The zero-order chi connectivity index (χ0) is 14.5. The lowest BCUT2D eigenvalue weighted by Gasteiger charge is -2.03. The first-order valence-corrected chi connectivity index (χ1v) is 7.75. The lowest BCUT2D eigenvalue weighted by molar-refractivity contribution is -0.118. The summed E-state index contributed by atoms with van der Waals surface area (Å²) in [7, 11) is 0. The predicted molar refractivity (Wildman–Crippen MR) is 75.6 cm³/mol. The summed E-state index contributed by atoms with van der Waals surface area (Å²) in [5.41, 5.74) is 0. The third-order valence-corrected chi connectivity index (χ3v) is 3.94. The van der Waals surface area contributed by atoms with E-state index in [0.29, 0.717) is 11.7 Å². The molecule has 1 saturated heterocycles. The molecular weight excluding hydrogens is 292 g/mol. The van der Waals surface area contributed by atoms with Crippen molar-refractivity contribution < 1.29 is 13.9 Å². The largest absolute Gasteiger partial charge is 0.467 e. The summed E-state index contributed by atoms with van der Waals surface area (Å²) in [6.45, 7) is 1.16. The van der Waals surface area contributed by atoms with Gasteiger partial charge >= 0.3 is 0 Å². The van der Waals surface area contributed by atoms with E-state index in [4.69, 9.17) is 9.15 Å². The monoisotopic (exact) mass is 308 g/mol. The van der Waals surface area contributed by atoms with E-state index in [0.717, 1.165) is 31.0 Å². The Kier molecular flexibility index (Phi) is 4.56. The molecule has 0 aliphatic carbocycles. The van der Waals surface area contributed by atoms with Crippen molar-refractivity contribution in [3.05, 3.63) is 30.0 Å². The van der Waals surface area contributed by atoms with Gasteiger partial charge in [-0.2, -0.15) is 0 Å².